The second-order valence-electron chi connectivity index (χ2n) is 8.33. The second kappa shape index (κ2) is 10.6. The van der Waals surface area contributed by atoms with Crippen molar-refractivity contribution in [3.05, 3.63) is 71.8 Å². The zero-order chi connectivity index (χ0) is 20.6. The van der Waals surface area contributed by atoms with Crippen molar-refractivity contribution in [3.63, 3.8) is 0 Å². The molecule has 2 saturated carbocycles. The fourth-order valence-corrected chi connectivity index (χ4v) is 4.10. The fraction of sp³-hybridized carbons (Fsp3) is 0.480. The van der Waals surface area contributed by atoms with Gasteiger partial charge in [0.15, 0.2) is 0 Å². The van der Waals surface area contributed by atoms with Crippen LogP contribution in [0.25, 0.3) is 0 Å². The van der Waals surface area contributed by atoms with Crippen LogP contribution in [-0.4, -0.2) is 30.4 Å². The molecule has 160 valence electrons. The standard InChI is InChI=1S/C25H31NO4/c27-25(29-18-20-9-5-2-6-10-20)26-21-11-13-22(14-12-21)30-24-15-23(16-24)28-17-19-7-3-1-4-8-19/h1-10,21-24H,11-18H2,(H,26,27)/t21?,22?,23-,24+. The van der Waals surface area contributed by atoms with Crippen molar-refractivity contribution in [1.82, 2.24) is 5.32 Å². The maximum Gasteiger partial charge on any atom is 0.407 e. The van der Waals surface area contributed by atoms with E-state index in [0.29, 0.717) is 31.5 Å². The Kier molecular flexibility index (Phi) is 7.38. The average Bonchev–Trinajstić information content (AvgIpc) is 2.76. The molecule has 2 fully saturated rings. The number of amides is 1. The summed E-state index contributed by atoms with van der Waals surface area (Å²) in [5.74, 6) is 0. The molecule has 30 heavy (non-hydrogen) atoms. The first-order valence-corrected chi connectivity index (χ1v) is 11.0. The molecule has 0 heterocycles. The van der Waals surface area contributed by atoms with E-state index in [0.717, 1.165) is 44.1 Å². The first-order valence-electron chi connectivity index (χ1n) is 11.0. The van der Waals surface area contributed by atoms with Crippen LogP contribution in [0.15, 0.2) is 60.7 Å². The molecule has 2 aromatic carbocycles. The predicted octanol–water partition coefficient (Wildman–Crippen LogP) is 4.99. The van der Waals surface area contributed by atoms with Gasteiger partial charge in [-0.15, -0.1) is 0 Å². The number of rotatable bonds is 8. The van der Waals surface area contributed by atoms with E-state index in [2.05, 4.69) is 17.4 Å². The summed E-state index contributed by atoms with van der Waals surface area (Å²) < 4.78 is 17.5. The van der Waals surface area contributed by atoms with Gasteiger partial charge in [-0.05, 0) is 49.7 Å². The van der Waals surface area contributed by atoms with E-state index >= 15 is 0 Å². The molecule has 0 radical (unpaired) electrons. The van der Waals surface area contributed by atoms with E-state index in [4.69, 9.17) is 14.2 Å². The number of ether oxygens (including phenoxy) is 3. The highest BCUT2D eigenvalue weighted by molar-refractivity contribution is 5.67. The molecule has 1 N–H and O–H groups in total. The van der Waals surface area contributed by atoms with Gasteiger partial charge in [0.05, 0.1) is 24.9 Å². The summed E-state index contributed by atoms with van der Waals surface area (Å²) in [6.07, 6.45) is 6.39. The van der Waals surface area contributed by atoms with Gasteiger partial charge in [0.1, 0.15) is 6.61 Å². The minimum Gasteiger partial charge on any atom is -0.445 e. The first kappa shape index (κ1) is 20.9. The van der Waals surface area contributed by atoms with E-state index in [-0.39, 0.29) is 12.1 Å². The normalized spacial score (nSPS) is 25.9. The van der Waals surface area contributed by atoms with Crippen LogP contribution in [0.5, 0.6) is 0 Å². The zero-order valence-corrected chi connectivity index (χ0v) is 17.4. The van der Waals surface area contributed by atoms with E-state index in [1.54, 1.807) is 0 Å². The molecule has 4 rings (SSSR count). The Morgan fingerprint density at radius 3 is 2.00 bits per heavy atom. The Labute approximate surface area is 178 Å². The van der Waals surface area contributed by atoms with Gasteiger partial charge in [-0.1, -0.05) is 60.7 Å². The highest BCUT2D eigenvalue weighted by atomic mass is 16.5. The zero-order valence-electron chi connectivity index (χ0n) is 17.4. The van der Waals surface area contributed by atoms with Crippen LogP contribution in [0.4, 0.5) is 4.79 Å². The van der Waals surface area contributed by atoms with Crippen molar-refractivity contribution in [2.75, 3.05) is 0 Å². The number of carbonyl (C=O) groups is 1. The van der Waals surface area contributed by atoms with Crippen molar-refractivity contribution >= 4 is 6.09 Å². The predicted molar refractivity (Wildman–Crippen MR) is 115 cm³/mol. The molecule has 5 heteroatoms. The SMILES string of the molecule is O=C(NC1CCC(O[C@H]2C[C@@H](OCc3ccccc3)C2)CC1)OCc1ccccc1. The van der Waals surface area contributed by atoms with Gasteiger partial charge in [-0.2, -0.15) is 0 Å². The van der Waals surface area contributed by atoms with Crippen LogP contribution >= 0.6 is 0 Å². The molecule has 2 aromatic rings. The molecular formula is C25H31NO4. The third-order valence-electron chi connectivity index (χ3n) is 5.97. The summed E-state index contributed by atoms with van der Waals surface area (Å²) in [5, 5.41) is 2.99. The molecule has 2 aliphatic rings. The Hall–Kier alpha value is -2.37. The lowest BCUT2D eigenvalue weighted by Crippen LogP contribution is -2.43. The summed E-state index contributed by atoms with van der Waals surface area (Å²) in [5.41, 5.74) is 2.21. The smallest absolute Gasteiger partial charge is 0.407 e. The third kappa shape index (κ3) is 6.31. The highest BCUT2D eigenvalue weighted by Gasteiger charge is 2.34. The van der Waals surface area contributed by atoms with Crippen LogP contribution in [-0.2, 0) is 27.4 Å². The van der Waals surface area contributed by atoms with Crippen LogP contribution in [0.2, 0.25) is 0 Å². The summed E-state index contributed by atoms with van der Waals surface area (Å²) in [4.78, 5) is 12.0. The number of alkyl carbamates (subject to hydrolysis) is 1. The van der Waals surface area contributed by atoms with E-state index in [9.17, 15) is 4.79 Å². The van der Waals surface area contributed by atoms with Crippen molar-refractivity contribution in [3.8, 4) is 0 Å². The van der Waals surface area contributed by atoms with Gasteiger partial charge in [0.25, 0.3) is 0 Å². The lowest BCUT2D eigenvalue weighted by Gasteiger charge is -2.39. The Bertz CT molecular complexity index is 768. The van der Waals surface area contributed by atoms with Crippen LogP contribution in [0.1, 0.15) is 49.7 Å². The highest BCUT2D eigenvalue weighted by Crippen LogP contribution is 2.31. The van der Waals surface area contributed by atoms with Crippen LogP contribution in [0.3, 0.4) is 0 Å². The molecular weight excluding hydrogens is 378 g/mol. The largest absolute Gasteiger partial charge is 0.445 e. The molecule has 0 aromatic heterocycles. The Morgan fingerprint density at radius 2 is 1.37 bits per heavy atom. The van der Waals surface area contributed by atoms with Gasteiger partial charge in [-0.25, -0.2) is 4.79 Å². The van der Waals surface area contributed by atoms with Gasteiger partial charge in [0, 0.05) is 6.04 Å². The van der Waals surface area contributed by atoms with Gasteiger partial charge < -0.3 is 19.5 Å². The van der Waals surface area contributed by atoms with Crippen molar-refractivity contribution in [2.24, 2.45) is 0 Å². The molecule has 2 aliphatic carbocycles. The minimum atomic E-state index is -0.333. The number of nitrogens with one attached hydrogen (secondary N) is 1. The molecule has 0 bridgehead atoms. The number of benzene rings is 2. The van der Waals surface area contributed by atoms with Gasteiger partial charge in [0.2, 0.25) is 0 Å². The molecule has 0 unspecified atom stereocenters. The fourth-order valence-electron chi connectivity index (χ4n) is 4.10. The van der Waals surface area contributed by atoms with Crippen molar-refractivity contribution in [2.45, 2.75) is 76.1 Å². The summed E-state index contributed by atoms with van der Waals surface area (Å²) in [7, 11) is 0. The van der Waals surface area contributed by atoms with E-state index in [1.807, 2.05) is 48.5 Å². The van der Waals surface area contributed by atoms with Gasteiger partial charge in [-0.3, -0.25) is 0 Å². The summed E-state index contributed by atoms with van der Waals surface area (Å²) in [6.45, 7) is 0.982. The monoisotopic (exact) mass is 409 g/mol. The summed E-state index contributed by atoms with van der Waals surface area (Å²) in [6, 6.07) is 20.2. The number of carbonyl (C=O) groups excluding carboxylic acids is 1. The van der Waals surface area contributed by atoms with Crippen LogP contribution in [0, 0.1) is 0 Å². The third-order valence-corrected chi connectivity index (χ3v) is 5.97. The number of hydrogen-bond donors (Lipinski definition) is 1. The van der Waals surface area contributed by atoms with Gasteiger partial charge >= 0.3 is 6.09 Å². The average molecular weight is 410 g/mol. The van der Waals surface area contributed by atoms with E-state index < -0.39 is 0 Å². The second-order valence-corrected chi connectivity index (χ2v) is 8.33. The molecule has 0 spiro atoms. The van der Waals surface area contributed by atoms with Crippen molar-refractivity contribution in [1.29, 1.82) is 0 Å². The Balaban J connectivity index is 1.06. The van der Waals surface area contributed by atoms with E-state index in [1.165, 1.54) is 5.56 Å². The molecule has 1 amide bonds. The lowest BCUT2D eigenvalue weighted by molar-refractivity contribution is -0.136. The number of hydrogen-bond acceptors (Lipinski definition) is 4. The minimum absolute atomic E-state index is 0.177. The summed E-state index contributed by atoms with van der Waals surface area (Å²) >= 11 is 0. The van der Waals surface area contributed by atoms with Crippen LogP contribution < -0.4 is 5.32 Å². The molecule has 0 atom stereocenters. The lowest BCUT2D eigenvalue weighted by atomic mass is 9.89. The Morgan fingerprint density at radius 1 is 0.767 bits per heavy atom. The van der Waals surface area contributed by atoms with Crippen molar-refractivity contribution < 1.29 is 19.0 Å². The molecule has 0 saturated heterocycles. The molecule has 0 aliphatic heterocycles. The first-order chi connectivity index (χ1) is 14.7. The topological polar surface area (TPSA) is 56.8 Å². The quantitative estimate of drug-likeness (QED) is 0.667. The maximum atomic E-state index is 12.0. The maximum absolute atomic E-state index is 12.0. The molecule has 5 nitrogen and oxygen atoms in total.